The molecule has 24 heavy (non-hydrogen) atoms. The van der Waals surface area contributed by atoms with E-state index >= 15 is 0 Å². The summed E-state index contributed by atoms with van der Waals surface area (Å²) in [7, 11) is 0. The molecule has 0 aliphatic heterocycles. The van der Waals surface area contributed by atoms with Gasteiger partial charge in [0.1, 0.15) is 0 Å². The normalized spacial score (nSPS) is 13.3. The van der Waals surface area contributed by atoms with E-state index in [4.69, 9.17) is 5.26 Å². The molecule has 0 spiro atoms. The minimum atomic E-state index is -0.558. The number of hydrogen-bond acceptors (Lipinski definition) is 3. The molecule has 132 valence electrons. The van der Waals surface area contributed by atoms with E-state index in [1.807, 2.05) is 53.7 Å². The number of hydrogen-bond donors (Lipinski definition) is 3. The molecule has 1 aromatic carbocycles. The number of aliphatic hydroxyl groups is 1. The van der Waals surface area contributed by atoms with E-state index in [1.165, 1.54) is 0 Å². The lowest BCUT2D eigenvalue weighted by atomic mass is 9.81. The average Bonchev–Trinajstić information content (AvgIpc) is 2.52. The largest absolute Gasteiger partial charge is 0.392 e. The molecule has 1 atom stereocenters. The second-order valence-electron chi connectivity index (χ2n) is 7.80. The first-order valence-corrected chi connectivity index (χ1v) is 8.24. The van der Waals surface area contributed by atoms with E-state index in [2.05, 4.69) is 16.7 Å². The summed E-state index contributed by atoms with van der Waals surface area (Å²) in [5.74, 6) is 0.126. The van der Waals surface area contributed by atoms with Gasteiger partial charge >= 0.3 is 6.03 Å². The number of anilines is 1. The SMILES string of the molecule is CC(C)C(O)C(C)(C)CNC(=O)Nc1ccc(C(C)(C)C#N)cc1. The Balaban J connectivity index is 2.62. The molecule has 0 saturated carbocycles. The van der Waals surface area contributed by atoms with Gasteiger partial charge in [0.2, 0.25) is 0 Å². The maximum atomic E-state index is 12.0. The van der Waals surface area contributed by atoms with Crippen LogP contribution >= 0.6 is 0 Å². The minimum absolute atomic E-state index is 0.126. The molecule has 1 aromatic rings. The lowest BCUT2D eigenvalue weighted by Crippen LogP contribution is -2.44. The molecule has 0 fully saturated rings. The Morgan fingerprint density at radius 2 is 1.75 bits per heavy atom. The van der Waals surface area contributed by atoms with Crippen molar-refractivity contribution >= 4 is 11.7 Å². The number of rotatable bonds is 6. The molecule has 0 heterocycles. The summed E-state index contributed by atoms with van der Waals surface area (Å²) >= 11 is 0. The van der Waals surface area contributed by atoms with Crippen molar-refractivity contribution in [1.82, 2.24) is 5.32 Å². The fraction of sp³-hybridized carbons (Fsp3) is 0.579. The summed E-state index contributed by atoms with van der Waals surface area (Å²) in [4.78, 5) is 12.0. The Hall–Kier alpha value is -2.06. The number of aliphatic hydroxyl groups excluding tert-OH is 1. The first-order valence-electron chi connectivity index (χ1n) is 8.24. The van der Waals surface area contributed by atoms with Gasteiger partial charge in [0.05, 0.1) is 17.6 Å². The molecule has 1 rings (SSSR count). The van der Waals surface area contributed by atoms with Gasteiger partial charge < -0.3 is 15.7 Å². The molecule has 0 bridgehead atoms. The van der Waals surface area contributed by atoms with Crippen molar-refractivity contribution in [3.8, 4) is 6.07 Å². The van der Waals surface area contributed by atoms with Crippen LogP contribution in [0.1, 0.15) is 47.1 Å². The van der Waals surface area contributed by atoms with Crippen LogP contribution in [0.3, 0.4) is 0 Å². The van der Waals surface area contributed by atoms with Crippen LogP contribution in [0.25, 0.3) is 0 Å². The molecule has 0 saturated heterocycles. The predicted molar refractivity (Wildman–Crippen MR) is 96.7 cm³/mol. The average molecular weight is 331 g/mol. The Morgan fingerprint density at radius 1 is 1.21 bits per heavy atom. The van der Waals surface area contributed by atoms with Gasteiger partial charge in [-0.2, -0.15) is 5.26 Å². The molecule has 0 aliphatic rings. The first-order chi connectivity index (χ1) is 11.0. The molecule has 3 N–H and O–H groups in total. The van der Waals surface area contributed by atoms with E-state index in [0.29, 0.717) is 12.2 Å². The van der Waals surface area contributed by atoms with Crippen molar-refractivity contribution in [3.05, 3.63) is 29.8 Å². The number of carbonyl (C=O) groups excluding carboxylic acids is 1. The lowest BCUT2D eigenvalue weighted by Gasteiger charge is -2.33. The van der Waals surface area contributed by atoms with Crippen molar-refractivity contribution in [2.45, 2.75) is 53.1 Å². The number of carbonyl (C=O) groups is 1. The second-order valence-corrected chi connectivity index (χ2v) is 7.80. The molecular weight excluding hydrogens is 302 g/mol. The zero-order valence-corrected chi connectivity index (χ0v) is 15.5. The maximum Gasteiger partial charge on any atom is 0.319 e. The molecular formula is C19H29N3O2. The van der Waals surface area contributed by atoms with E-state index in [1.54, 1.807) is 12.1 Å². The number of benzene rings is 1. The smallest absolute Gasteiger partial charge is 0.319 e. The fourth-order valence-electron chi connectivity index (χ4n) is 2.53. The van der Waals surface area contributed by atoms with Crippen LogP contribution in [0, 0.1) is 22.7 Å². The summed E-state index contributed by atoms with van der Waals surface area (Å²) in [6.07, 6.45) is -0.495. The van der Waals surface area contributed by atoms with Crippen LogP contribution in [0.2, 0.25) is 0 Å². The van der Waals surface area contributed by atoms with E-state index in [-0.39, 0.29) is 11.9 Å². The van der Waals surface area contributed by atoms with E-state index in [9.17, 15) is 9.90 Å². The number of nitrogens with one attached hydrogen (secondary N) is 2. The first kappa shape index (κ1) is 20.0. The van der Waals surface area contributed by atoms with Gasteiger partial charge in [0, 0.05) is 17.6 Å². The summed E-state index contributed by atoms with van der Waals surface area (Å²) in [5, 5.41) is 24.9. The van der Waals surface area contributed by atoms with Gasteiger partial charge in [0.25, 0.3) is 0 Å². The summed E-state index contributed by atoms with van der Waals surface area (Å²) < 4.78 is 0. The van der Waals surface area contributed by atoms with Gasteiger partial charge in [-0.25, -0.2) is 4.79 Å². The number of nitriles is 1. The number of urea groups is 1. The molecule has 5 heteroatoms. The molecule has 0 aliphatic carbocycles. The van der Waals surface area contributed by atoms with E-state index < -0.39 is 16.9 Å². The fourth-order valence-corrected chi connectivity index (χ4v) is 2.53. The predicted octanol–water partition coefficient (Wildman–Crippen LogP) is 3.65. The van der Waals surface area contributed by atoms with Crippen LogP contribution in [0.4, 0.5) is 10.5 Å². The zero-order valence-electron chi connectivity index (χ0n) is 15.5. The van der Waals surface area contributed by atoms with Crippen molar-refractivity contribution in [2.75, 3.05) is 11.9 Å². The monoisotopic (exact) mass is 331 g/mol. The number of nitrogens with zero attached hydrogens (tertiary/aromatic N) is 1. The highest BCUT2D eigenvalue weighted by molar-refractivity contribution is 5.89. The highest BCUT2D eigenvalue weighted by atomic mass is 16.3. The summed E-state index contributed by atoms with van der Waals surface area (Å²) in [5.41, 5.74) is 0.591. The minimum Gasteiger partial charge on any atom is -0.392 e. The molecule has 1 unspecified atom stereocenters. The molecule has 2 amide bonds. The van der Waals surface area contributed by atoms with Gasteiger partial charge in [-0.1, -0.05) is 39.8 Å². The molecule has 0 aromatic heterocycles. The standard InChI is InChI=1S/C19H29N3O2/c1-13(2)16(23)19(5,6)12-21-17(24)22-15-9-7-14(8-10-15)18(3,4)11-20/h7-10,13,16,23H,12H2,1-6H3,(H2,21,22,24). The Morgan fingerprint density at radius 3 is 2.21 bits per heavy atom. The van der Waals surface area contributed by atoms with Crippen LogP contribution in [-0.2, 0) is 5.41 Å². The lowest BCUT2D eigenvalue weighted by molar-refractivity contribution is 0.0154. The third-order valence-corrected chi connectivity index (χ3v) is 4.28. The van der Waals surface area contributed by atoms with Gasteiger partial charge in [-0.3, -0.25) is 0 Å². The van der Waals surface area contributed by atoms with Crippen LogP contribution < -0.4 is 10.6 Å². The second kappa shape index (κ2) is 7.67. The highest BCUT2D eigenvalue weighted by Crippen LogP contribution is 2.25. The maximum absolute atomic E-state index is 12.0. The Bertz CT molecular complexity index is 598. The zero-order chi connectivity index (χ0) is 18.5. The summed E-state index contributed by atoms with van der Waals surface area (Å²) in [6, 6.07) is 9.17. The molecule has 5 nitrogen and oxygen atoms in total. The van der Waals surface area contributed by atoms with Crippen LogP contribution in [0.15, 0.2) is 24.3 Å². The van der Waals surface area contributed by atoms with Gasteiger partial charge in [0.15, 0.2) is 0 Å². The highest BCUT2D eigenvalue weighted by Gasteiger charge is 2.30. The van der Waals surface area contributed by atoms with Gasteiger partial charge in [-0.05, 0) is 37.5 Å². The third-order valence-electron chi connectivity index (χ3n) is 4.28. The van der Waals surface area contributed by atoms with Crippen LogP contribution in [-0.4, -0.2) is 23.8 Å². The number of amides is 2. The van der Waals surface area contributed by atoms with E-state index in [0.717, 1.165) is 5.56 Å². The van der Waals surface area contributed by atoms with Crippen molar-refractivity contribution in [3.63, 3.8) is 0 Å². The summed E-state index contributed by atoms with van der Waals surface area (Å²) in [6.45, 7) is 11.8. The van der Waals surface area contributed by atoms with Gasteiger partial charge in [-0.15, -0.1) is 0 Å². The third kappa shape index (κ3) is 5.24. The van der Waals surface area contributed by atoms with Crippen LogP contribution in [0.5, 0.6) is 0 Å². The van der Waals surface area contributed by atoms with Crippen molar-refractivity contribution in [1.29, 1.82) is 5.26 Å². The quantitative estimate of drug-likeness (QED) is 0.744. The Kier molecular flexibility index (Phi) is 6.39. The van der Waals surface area contributed by atoms with Crippen molar-refractivity contribution < 1.29 is 9.90 Å². The topological polar surface area (TPSA) is 85.2 Å². The molecule has 0 radical (unpaired) electrons. The Labute approximate surface area is 145 Å². The van der Waals surface area contributed by atoms with Crippen molar-refractivity contribution in [2.24, 2.45) is 11.3 Å².